The first-order chi connectivity index (χ1) is 17.7. The molecular weight excluding hydrogens is 470 g/mol. The lowest BCUT2D eigenvalue weighted by atomic mass is 10.1. The molecule has 0 atom stereocenters. The number of rotatable bonds is 5. The minimum Gasteiger partial charge on any atom is -0.457 e. The van der Waals surface area contributed by atoms with Gasteiger partial charge in [0.15, 0.2) is 5.82 Å². The van der Waals surface area contributed by atoms with Crippen LogP contribution in [0.3, 0.4) is 0 Å². The molecule has 0 spiro atoms. The van der Waals surface area contributed by atoms with Crippen LogP contribution < -0.4 is 10.1 Å². The number of aryl methyl sites for hydroxylation is 1. The van der Waals surface area contributed by atoms with Crippen LogP contribution in [0.4, 0.5) is 17.2 Å². The van der Waals surface area contributed by atoms with Crippen molar-refractivity contribution in [2.24, 2.45) is 4.99 Å². The van der Waals surface area contributed by atoms with Crippen molar-refractivity contribution in [2.45, 2.75) is 13.3 Å². The molecule has 0 bridgehead atoms. The molecule has 1 fully saturated rings. The highest BCUT2D eigenvalue weighted by atomic mass is 32.1. The van der Waals surface area contributed by atoms with Gasteiger partial charge in [0.2, 0.25) is 0 Å². The third-order valence-corrected chi connectivity index (χ3v) is 7.24. The molecule has 2 aliphatic heterocycles. The number of nitrogens with one attached hydrogen (secondary N) is 1. The van der Waals surface area contributed by atoms with E-state index in [0.29, 0.717) is 0 Å². The normalized spacial score (nSPS) is 14.9. The number of hydrogen-bond acceptors (Lipinski definition) is 8. The van der Waals surface area contributed by atoms with Crippen molar-refractivity contribution in [3.8, 4) is 23.3 Å². The van der Waals surface area contributed by atoms with Crippen molar-refractivity contribution in [3.05, 3.63) is 64.8 Å². The van der Waals surface area contributed by atoms with Crippen molar-refractivity contribution < 1.29 is 9.47 Å². The summed E-state index contributed by atoms with van der Waals surface area (Å²) in [5, 5.41) is 3.45. The van der Waals surface area contributed by atoms with Crippen LogP contribution in [0.1, 0.15) is 16.0 Å². The highest BCUT2D eigenvalue weighted by Gasteiger charge is 2.12. The van der Waals surface area contributed by atoms with Crippen LogP contribution in [-0.2, 0) is 11.2 Å². The Morgan fingerprint density at radius 3 is 2.92 bits per heavy atom. The van der Waals surface area contributed by atoms with Gasteiger partial charge in [-0.05, 0) is 48.4 Å². The number of benzene rings is 2. The van der Waals surface area contributed by atoms with Gasteiger partial charge in [0, 0.05) is 37.5 Å². The molecular formula is C28H25N5O2S. The van der Waals surface area contributed by atoms with E-state index in [2.05, 4.69) is 49.2 Å². The molecule has 1 N–H and O–H groups in total. The van der Waals surface area contributed by atoms with Crippen LogP contribution in [0.5, 0.6) is 11.5 Å². The summed E-state index contributed by atoms with van der Waals surface area (Å²) in [5.74, 6) is 8.95. The molecule has 4 heterocycles. The number of ether oxygens (including phenoxy) is 2. The SMILES string of the molecule is Cc1cc(Nc2ncnc3cc(C#CCN4CCOCC4)sc23)ccc1Oc1ccc2c(c1)N=CC2. The number of thiophene rings is 1. The minimum absolute atomic E-state index is 0.751. The Morgan fingerprint density at radius 1 is 1.11 bits per heavy atom. The fourth-order valence-corrected chi connectivity index (χ4v) is 5.18. The quantitative estimate of drug-likeness (QED) is 0.370. The number of fused-ring (bicyclic) bond motifs is 2. The number of anilines is 2. The second-order valence-electron chi connectivity index (χ2n) is 8.75. The van der Waals surface area contributed by atoms with E-state index in [1.807, 2.05) is 43.5 Å². The summed E-state index contributed by atoms with van der Waals surface area (Å²) >= 11 is 1.61. The molecule has 2 aliphatic rings. The van der Waals surface area contributed by atoms with Crippen molar-refractivity contribution in [3.63, 3.8) is 0 Å². The zero-order chi connectivity index (χ0) is 24.3. The third kappa shape index (κ3) is 4.95. The molecule has 8 heteroatoms. The van der Waals surface area contributed by atoms with E-state index >= 15 is 0 Å². The second kappa shape index (κ2) is 10.1. The van der Waals surface area contributed by atoms with E-state index in [1.165, 1.54) is 5.56 Å². The standard InChI is InChI=1S/C28H25N5O2S/c1-19-15-21(5-7-26(19)35-22-6-4-20-8-9-29-24(20)16-22)32-28-27-25(30-18-31-28)17-23(36-27)3-2-10-33-11-13-34-14-12-33/h4-7,9,15-18H,8,10-14H2,1H3,(H,30,31,32). The first-order valence-corrected chi connectivity index (χ1v) is 12.8. The maximum Gasteiger partial charge on any atom is 0.151 e. The van der Waals surface area contributed by atoms with Gasteiger partial charge in [-0.3, -0.25) is 9.89 Å². The largest absolute Gasteiger partial charge is 0.457 e. The lowest BCUT2D eigenvalue weighted by Crippen LogP contribution is -2.36. The molecule has 0 saturated carbocycles. The van der Waals surface area contributed by atoms with E-state index in [-0.39, 0.29) is 0 Å². The van der Waals surface area contributed by atoms with E-state index in [0.717, 1.165) is 88.6 Å². The number of aliphatic imine (C=N–C) groups is 1. The third-order valence-electron chi connectivity index (χ3n) is 6.19. The lowest BCUT2D eigenvalue weighted by Gasteiger charge is -2.24. The molecule has 1 saturated heterocycles. The number of hydrogen-bond donors (Lipinski definition) is 1. The van der Waals surface area contributed by atoms with E-state index < -0.39 is 0 Å². The molecule has 36 heavy (non-hydrogen) atoms. The van der Waals surface area contributed by atoms with Gasteiger partial charge in [0.05, 0.1) is 40.5 Å². The highest BCUT2D eigenvalue weighted by molar-refractivity contribution is 7.20. The molecule has 180 valence electrons. The van der Waals surface area contributed by atoms with Crippen LogP contribution in [0, 0.1) is 18.8 Å². The molecule has 4 aromatic rings. The number of nitrogens with zero attached hydrogens (tertiary/aromatic N) is 4. The molecule has 7 nitrogen and oxygen atoms in total. The Morgan fingerprint density at radius 2 is 2.03 bits per heavy atom. The van der Waals surface area contributed by atoms with Crippen molar-refractivity contribution >= 4 is 45.0 Å². The number of morpholine rings is 1. The van der Waals surface area contributed by atoms with Gasteiger partial charge in [-0.2, -0.15) is 0 Å². The van der Waals surface area contributed by atoms with Gasteiger partial charge < -0.3 is 14.8 Å². The zero-order valence-corrected chi connectivity index (χ0v) is 20.8. The maximum absolute atomic E-state index is 6.14. The zero-order valence-electron chi connectivity index (χ0n) is 20.0. The fourth-order valence-electron chi connectivity index (χ4n) is 4.25. The fraction of sp³-hybridized carbons (Fsp3) is 0.250. The van der Waals surface area contributed by atoms with Crippen LogP contribution in [0.25, 0.3) is 10.2 Å². The Hall–Kier alpha value is -3.77. The average Bonchev–Trinajstić information content (AvgIpc) is 3.53. The van der Waals surface area contributed by atoms with Gasteiger partial charge in [-0.15, -0.1) is 11.3 Å². The summed E-state index contributed by atoms with van der Waals surface area (Å²) in [4.78, 5) is 16.6. The van der Waals surface area contributed by atoms with Crippen molar-refractivity contribution in [2.75, 3.05) is 38.2 Å². The first kappa shape index (κ1) is 22.7. The van der Waals surface area contributed by atoms with Crippen LogP contribution >= 0.6 is 11.3 Å². The predicted molar refractivity (Wildman–Crippen MR) is 144 cm³/mol. The Labute approximate surface area is 213 Å². The molecule has 6 rings (SSSR count). The molecule has 0 amide bonds. The second-order valence-corrected chi connectivity index (χ2v) is 9.80. The summed E-state index contributed by atoms with van der Waals surface area (Å²) in [6.45, 7) is 6.23. The van der Waals surface area contributed by atoms with Gasteiger partial charge in [-0.25, -0.2) is 9.97 Å². The van der Waals surface area contributed by atoms with Gasteiger partial charge >= 0.3 is 0 Å². The van der Waals surface area contributed by atoms with Gasteiger partial charge in [0.25, 0.3) is 0 Å². The first-order valence-electron chi connectivity index (χ1n) is 12.0. The van der Waals surface area contributed by atoms with Crippen LogP contribution in [0.15, 0.2) is 53.8 Å². The summed E-state index contributed by atoms with van der Waals surface area (Å²) in [6.07, 6.45) is 4.40. The minimum atomic E-state index is 0.751. The van der Waals surface area contributed by atoms with E-state index in [4.69, 9.17) is 9.47 Å². The molecule has 2 aromatic carbocycles. The Balaban J connectivity index is 1.17. The van der Waals surface area contributed by atoms with Crippen LogP contribution in [0.2, 0.25) is 0 Å². The summed E-state index contributed by atoms with van der Waals surface area (Å²) in [6, 6.07) is 14.1. The van der Waals surface area contributed by atoms with Crippen LogP contribution in [-0.4, -0.2) is 53.9 Å². The molecule has 0 radical (unpaired) electrons. The van der Waals surface area contributed by atoms with Crippen molar-refractivity contribution in [1.29, 1.82) is 0 Å². The maximum atomic E-state index is 6.14. The highest BCUT2D eigenvalue weighted by Crippen LogP contribution is 2.34. The van der Waals surface area contributed by atoms with E-state index in [1.54, 1.807) is 17.7 Å². The monoisotopic (exact) mass is 495 g/mol. The summed E-state index contributed by atoms with van der Waals surface area (Å²) in [5.41, 5.74) is 5.07. The molecule has 0 aliphatic carbocycles. The summed E-state index contributed by atoms with van der Waals surface area (Å²) < 4.78 is 12.5. The molecule has 2 aromatic heterocycles. The van der Waals surface area contributed by atoms with Crippen molar-refractivity contribution in [1.82, 2.24) is 14.9 Å². The Kier molecular flexibility index (Phi) is 6.35. The average molecular weight is 496 g/mol. The lowest BCUT2D eigenvalue weighted by molar-refractivity contribution is 0.0443. The topological polar surface area (TPSA) is 71.9 Å². The van der Waals surface area contributed by atoms with E-state index in [9.17, 15) is 0 Å². The predicted octanol–water partition coefficient (Wildman–Crippen LogP) is 5.48. The summed E-state index contributed by atoms with van der Waals surface area (Å²) in [7, 11) is 0. The molecule has 0 unspecified atom stereocenters. The van der Waals surface area contributed by atoms with Gasteiger partial charge in [-0.1, -0.05) is 17.9 Å². The smallest absolute Gasteiger partial charge is 0.151 e. The van der Waals surface area contributed by atoms with Gasteiger partial charge in [0.1, 0.15) is 17.8 Å². The number of aromatic nitrogens is 2. The Bertz CT molecular complexity index is 1510.